The van der Waals surface area contributed by atoms with E-state index in [4.69, 9.17) is 39.9 Å². The van der Waals surface area contributed by atoms with E-state index in [1.807, 2.05) is 97.1 Å². The number of fused-ring (bicyclic) bond motifs is 20. The summed E-state index contributed by atoms with van der Waals surface area (Å²) in [6.45, 7) is 0. The van der Waals surface area contributed by atoms with Crippen LogP contribution in [0.3, 0.4) is 0 Å². The Hall–Kier alpha value is -4.84. The van der Waals surface area contributed by atoms with Gasteiger partial charge in [0.1, 0.15) is 0 Å². The Labute approximate surface area is 255 Å². The smallest absolute Gasteiger partial charge is 0.0927 e. The molecule has 3 aromatic heterocycles. The Morgan fingerprint density at radius 2 is 0.585 bits per heavy atom. The van der Waals surface area contributed by atoms with Crippen LogP contribution in [0.1, 0.15) is 2.85 Å². The second-order valence-corrected chi connectivity index (χ2v) is 9.67. The normalized spacial score (nSPS) is 11.7. The molecule has 0 unspecified atom stereocenters. The molecule has 41 heavy (non-hydrogen) atoms. The molecule has 8 bridgehead atoms. The predicted octanol–water partition coefficient (Wildman–Crippen LogP) is 5.97. The summed E-state index contributed by atoms with van der Waals surface area (Å²) in [5.74, 6) is 2.21. The van der Waals surface area contributed by atoms with Gasteiger partial charge in [-0.1, -0.05) is 97.1 Å². The van der Waals surface area contributed by atoms with Gasteiger partial charge in [0.05, 0.1) is 23.3 Å². The van der Waals surface area contributed by atoms with Gasteiger partial charge in [0.15, 0.2) is 0 Å². The van der Waals surface area contributed by atoms with Crippen molar-refractivity contribution in [1.29, 1.82) is 0 Å². The molecule has 4 aromatic carbocycles. The van der Waals surface area contributed by atoms with Crippen LogP contribution in [-0.4, -0.2) is 57.2 Å². The summed E-state index contributed by atoms with van der Waals surface area (Å²) in [6, 6.07) is 31.8. The molecule has 9 heteroatoms. The van der Waals surface area contributed by atoms with E-state index in [0.717, 1.165) is 43.8 Å². The van der Waals surface area contributed by atoms with E-state index in [1.54, 1.807) is 0 Å². The second kappa shape index (κ2) is 9.10. The maximum atomic E-state index is 4.95. The van der Waals surface area contributed by atoms with Crippen molar-refractivity contribution in [2.24, 2.45) is 0 Å². The molecule has 7 aromatic rings. The van der Waals surface area contributed by atoms with Gasteiger partial charge in [-0.05, 0) is 21.5 Å². The van der Waals surface area contributed by atoms with Crippen molar-refractivity contribution in [3.63, 3.8) is 0 Å². The first-order chi connectivity index (χ1) is 19.8. The van der Waals surface area contributed by atoms with E-state index in [1.165, 1.54) is 0 Å². The predicted molar refractivity (Wildman–Crippen MR) is 162 cm³/mol. The fourth-order valence-corrected chi connectivity index (χ4v) is 5.46. The fourth-order valence-electron chi connectivity index (χ4n) is 5.46. The Kier molecular flexibility index (Phi) is 5.33. The van der Waals surface area contributed by atoms with Crippen molar-refractivity contribution in [2.75, 3.05) is 0 Å². The summed E-state index contributed by atoms with van der Waals surface area (Å²) in [4.78, 5) is 39.3. The number of hydrogen-bond donors (Lipinski definition) is 0. The van der Waals surface area contributed by atoms with Gasteiger partial charge in [-0.2, -0.15) is 0 Å². The second-order valence-electron chi connectivity index (χ2n) is 9.67. The third-order valence-corrected chi connectivity index (χ3v) is 7.33. The van der Waals surface area contributed by atoms with Crippen molar-refractivity contribution in [2.45, 2.75) is 0 Å². The molecule has 0 N–H and O–H groups in total. The minimum absolute atomic E-state index is 0. The van der Waals surface area contributed by atoms with Crippen LogP contribution in [0.4, 0.5) is 0 Å². The van der Waals surface area contributed by atoms with E-state index in [9.17, 15) is 0 Å². The molecule has 0 fully saturated rings. The van der Waals surface area contributed by atoms with Crippen LogP contribution >= 0.6 is 0 Å². The van der Waals surface area contributed by atoms with E-state index >= 15 is 0 Å². The molecular weight excluding hydrogens is 704 g/mol. The van der Waals surface area contributed by atoms with Gasteiger partial charge in [-0.15, -0.1) is 0 Å². The average Bonchev–Trinajstić information content (AvgIpc) is 3.73. The van der Waals surface area contributed by atoms with Crippen molar-refractivity contribution < 1.29 is 2.85 Å². The molecule has 8 nitrogen and oxygen atoms in total. The van der Waals surface area contributed by atoms with Gasteiger partial charge in [0.25, 0.3) is 0 Å². The van der Waals surface area contributed by atoms with Gasteiger partial charge in [-0.3, -0.25) is 0 Å². The number of nitrogens with zero attached hydrogens (tertiary/aromatic N) is 8. The van der Waals surface area contributed by atoms with Crippen molar-refractivity contribution in [3.8, 4) is 45.6 Å². The zero-order valence-electron chi connectivity index (χ0n) is 23.3. The number of hydrogen-bond acceptors (Lipinski definition) is 6. The number of rotatable bonds is 0. The van der Waals surface area contributed by atoms with Crippen molar-refractivity contribution in [3.05, 3.63) is 97.1 Å². The topological polar surface area (TPSA) is 106 Å². The fraction of sp³-hybridized carbons (Fsp3) is 0. The van der Waals surface area contributed by atoms with E-state index in [0.29, 0.717) is 45.9 Å². The first-order valence-corrected chi connectivity index (χ1v) is 12.9. The molecule has 194 valence electrons. The Balaban J connectivity index is 0.00000110. The first kappa shape index (κ1) is 24.0. The quantitative estimate of drug-likeness (QED) is 0.177. The van der Waals surface area contributed by atoms with Crippen LogP contribution in [0.5, 0.6) is 0 Å². The molecule has 0 spiro atoms. The third kappa shape index (κ3) is 3.63. The van der Waals surface area contributed by atoms with E-state index < -0.39 is 0 Å². The third-order valence-electron chi connectivity index (χ3n) is 7.33. The van der Waals surface area contributed by atoms with Gasteiger partial charge in [0.2, 0.25) is 0 Å². The summed E-state index contributed by atoms with van der Waals surface area (Å²) < 4.78 is 0. The molecule has 0 atom stereocenters. The maximum Gasteiger partial charge on any atom is 0.0927 e. The summed E-state index contributed by atoms with van der Waals surface area (Å²) in [7, 11) is 0. The molecule has 9 rings (SSSR count). The largest absolute Gasteiger partial charge is 1.00 e. The first-order valence-electron chi connectivity index (χ1n) is 12.9. The van der Waals surface area contributed by atoms with Gasteiger partial charge in [0, 0.05) is 72.1 Å². The Bertz CT molecular complexity index is 2050. The van der Waals surface area contributed by atoms with Crippen LogP contribution < -0.4 is 9.97 Å². The molecule has 2 aliphatic heterocycles. The Morgan fingerprint density at radius 1 is 0.341 bits per heavy atom. The zero-order chi connectivity index (χ0) is 26.2. The van der Waals surface area contributed by atoms with Crippen molar-refractivity contribution in [1.82, 2.24) is 39.9 Å². The summed E-state index contributed by atoms with van der Waals surface area (Å²) >= 11 is 0. The van der Waals surface area contributed by atoms with Crippen LogP contribution in [0.25, 0.3) is 89.7 Å². The Morgan fingerprint density at radius 3 is 0.854 bits per heavy atom. The van der Waals surface area contributed by atoms with E-state index in [2.05, 4.69) is 0 Å². The minimum atomic E-state index is 0. The van der Waals surface area contributed by atoms with Crippen LogP contribution in [0.15, 0.2) is 97.1 Å². The number of aromatic nitrogens is 8. The summed E-state index contributed by atoms with van der Waals surface area (Å²) in [5.41, 5.74) is 5.78. The SMILES string of the molecule is [H-].[H-].[Pb].c1ccc2c(c1)-c1nc-2nc2[n-]c(nc3nc(nc4[n-]c(n1)c1ccccc41)-c1ccccc1-3)c1ccccc21. The van der Waals surface area contributed by atoms with Crippen LogP contribution in [-0.2, 0) is 0 Å². The monoisotopic (exact) mass is 722 g/mol. The molecule has 0 saturated heterocycles. The molecule has 5 heterocycles. The maximum absolute atomic E-state index is 4.95. The van der Waals surface area contributed by atoms with Crippen LogP contribution in [0, 0.1) is 0 Å². The van der Waals surface area contributed by atoms with Gasteiger partial charge in [-0.25, -0.2) is 9.97 Å². The van der Waals surface area contributed by atoms with Crippen LogP contribution in [0.2, 0.25) is 0 Å². The van der Waals surface area contributed by atoms with Gasteiger partial charge >= 0.3 is 0 Å². The molecular formula is C32H18N8Pb-4. The molecule has 4 radical (unpaired) electrons. The van der Waals surface area contributed by atoms with Gasteiger partial charge < -0.3 is 32.8 Å². The van der Waals surface area contributed by atoms with Crippen molar-refractivity contribution >= 4 is 71.4 Å². The summed E-state index contributed by atoms with van der Waals surface area (Å²) in [5, 5.41) is 3.57. The zero-order valence-corrected chi connectivity index (χ0v) is 25.2. The molecule has 0 aliphatic carbocycles. The minimum Gasteiger partial charge on any atom is -1.00 e. The number of benzene rings is 4. The average molecular weight is 722 g/mol. The molecule has 2 aliphatic rings. The molecule has 0 saturated carbocycles. The van der Waals surface area contributed by atoms with E-state index in [-0.39, 0.29) is 30.2 Å². The molecule has 0 amide bonds. The standard InChI is InChI=1S/C32H16N8.Pb.2H/c1-2-10-18-17(9-1)25-33-26(18)38-28-21-13-5-6-14-22(21)30(35-28)40-32-24-16-8-7-15-23(24)31(36-32)39-29-20-12-4-3-11-19(20)27(34-29)37-25;;;/h1-16H;;;/q-2;;2*-1. The summed E-state index contributed by atoms with van der Waals surface area (Å²) in [6.07, 6.45) is 0.